The molecule has 0 saturated carbocycles. The maximum atomic E-state index is 12.8. The molecule has 138 valence electrons. The first-order chi connectivity index (χ1) is 11.7. The van der Waals surface area contributed by atoms with Gasteiger partial charge in [-0.2, -0.15) is 5.10 Å². The fraction of sp³-hybridized carbons (Fsp3) is 0.688. The smallest absolute Gasteiger partial charge is 0.274 e. The number of nitrogens with one attached hydrogen (secondary N) is 1. The summed E-state index contributed by atoms with van der Waals surface area (Å²) >= 11 is 0. The zero-order chi connectivity index (χ0) is 18.4. The highest BCUT2D eigenvalue weighted by Gasteiger charge is 2.49. The lowest BCUT2D eigenvalue weighted by Gasteiger charge is -2.43. The van der Waals surface area contributed by atoms with Crippen LogP contribution in [0.1, 0.15) is 36.5 Å². The Balaban J connectivity index is 1.85. The van der Waals surface area contributed by atoms with Crippen molar-refractivity contribution < 1.29 is 18.0 Å². The number of sulfone groups is 1. The van der Waals surface area contributed by atoms with Crippen LogP contribution in [0.25, 0.3) is 0 Å². The minimum absolute atomic E-state index is 0.0372. The second-order valence-corrected chi connectivity index (χ2v) is 9.49. The van der Waals surface area contributed by atoms with E-state index in [1.807, 2.05) is 13.8 Å². The van der Waals surface area contributed by atoms with Gasteiger partial charge in [0.05, 0.1) is 23.6 Å². The Morgan fingerprint density at radius 2 is 1.84 bits per heavy atom. The van der Waals surface area contributed by atoms with Crippen molar-refractivity contribution in [3.8, 4) is 0 Å². The SMILES string of the molecule is Cc1cc(C(=O)N2CCN(C(=O)CC(C)C)[C@@H]3CS(=O)(=O)C[C@@H]32)n[nH]1. The summed E-state index contributed by atoms with van der Waals surface area (Å²) in [6.07, 6.45) is 0.385. The van der Waals surface area contributed by atoms with Crippen LogP contribution in [0.5, 0.6) is 0 Å². The molecule has 0 bridgehead atoms. The number of aromatic nitrogens is 2. The van der Waals surface area contributed by atoms with Crippen molar-refractivity contribution in [1.82, 2.24) is 20.0 Å². The number of carbonyl (C=O) groups excluding carboxylic acids is 2. The summed E-state index contributed by atoms with van der Waals surface area (Å²) in [5.74, 6) is -0.295. The molecule has 1 aromatic heterocycles. The van der Waals surface area contributed by atoms with E-state index < -0.39 is 21.9 Å². The van der Waals surface area contributed by atoms with Gasteiger partial charge < -0.3 is 9.80 Å². The van der Waals surface area contributed by atoms with Crippen molar-refractivity contribution >= 4 is 21.7 Å². The van der Waals surface area contributed by atoms with Gasteiger partial charge in [0.2, 0.25) is 5.91 Å². The average Bonchev–Trinajstić information content (AvgIpc) is 3.06. The molecule has 2 aliphatic rings. The number of aryl methyl sites for hydroxylation is 1. The lowest BCUT2D eigenvalue weighted by molar-refractivity contribution is -0.137. The highest BCUT2D eigenvalue weighted by molar-refractivity contribution is 7.91. The molecule has 2 saturated heterocycles. The van der Waals surface area contributed by atoms with E-state index in [2.05, 4.69) is 10.2 Å². The molecule has 2 aliphatic heterocycles. The van der Waals surface area contributed by atoms with Gasteiger partial charge in [-0.05, 0) is 18.9 Å². The Kier molecular flexibility index (Phi) is 4.61. The summed E-state index contributed by atoms with van der Waals surface area (Å²) in [5, 5.41) is 6.72. The Labute approximate surface area is 147 Å². The monoisotopic (exact) mass is 368 g/mol. The van der Waals surface area contributed by atoms with Crippen molar-refractivity contribution in [3.63, 3.8) is 0 Å². The van der Waals surface area contributed by atoms with Gasteiger partial charge in [0.15, 0.2) is 9.84 Å². The number of nitrogens with zero attached hydrogens (tertiary/aromatic N) is 3. The van der Waals surface area contributed by atoms with E-state index >= 15 is 0 Å². The molecule has 25 heavy (non-hydrogen) atoms. The van der Waals surface area contributed by atoms with Gasteiger partial charge in [0.25, 0.3) is 5.91 Å². The summed E-state index contributed by atoms with van der Waals surface area (Å²) in [4.78, 5) is 28.5. The number of hydrogen-bond acceptors (Lipinski definition) is 5. The van der Waals surface area contributed by atoms with Gasteiger partial charge in [-0.1, -0.05) is 13.8 Å². The van der Waals surface area contributed by atoms with Crippen molar-refractivity contribution in [3.05, 3.63) is 17.5 Å². The van der Waals surface area contributed by atoms with Crippen molar-refractivity contribution in [1.29, 1.82) is 0 Å². The van der Waals surface area contributed by atoms with Gasteiger partial charge in [-0.3, -0.25) is 14.7 Å². The summed E-state index contributed by atoms with van der Waals surface area (Å²) in [6.45, 7) is 6.40. The second-order valence-electron chi connectivity index (χ2n) is 7.33. The third-order valence-electron chi connectivity index (χ3n) is 4.77. The van der Waals surface area contributed by atoms with Crippen LogP contribution in [0.4, 0.5) is 0 Å². The van der Waals surface area contributed by atoms with Crippen molar-refractivity contribution in [2.45, 2.75) is 39.3 Å². The molecule has 0 aliphatic carbocycles. The third kappa shape index (κ3) is 3.56. The molecule has 1 aromatic rings. The second kappa shape index (κ2) is 6.44. The van der Waals surface area contributed by atoms with E-state index in [-0.39, 0.29) is 34.9 Å². The number of H-pyrrole nitrogens is 1. The van der Waals surface area contributed by atoms with Crippen LogP contribution >= 0.6 is 0 Å². The van der Waals surface area contributed by atoms with E-state index in [9.17, 15) is 18.0 Å². The zero-order valence-corrected chi connectivity index (χ0v) is 15.5. The molecule has 3 heterocycles. The van der Waals surface area contributed by atoms with Crippen molar-refractivity contribution in [2.75, 3.05) is 24.6 Å². The van der Waals surface area contributed by atoms with Gasteiger partial charge in [0.1, 0.15) is 5.69 Å². The third-order valence-corrected chi connectivity index (χ3v) is 6.46. The number of carbonyl (C=O) groups is 2. The normalized spacial score (nSPS) is 25.3. The van der Waals surface area contributed by atoms with Crippen LogP contribution in [-0.4, -0.2) is 76.9 Å². The molecule has 0 aromatic carbocycles. The number of fused-ring (bicyclic) bond motifs is 1. The first kappa shape index (κ1) is 17.9. The predicted octanol–water partition coefficient (Wildman–Crippen LogP) is 0.214. The lowest BCUT2D eigenvalue weighted by atomic mass is 10.0. The number of aromatic amines is 1. The predicted molar refractivity (Wildman–Crippen MR) is 91.8 cm³/mol. The van der Waals surface area contributed by atoms with E-state index in [0.717, 1.165) is 5.69 Å². The van der Waals surface area contributed by atoms with Crippen LogP contribution in [0.3, 0.4) is 0 Å². The minimum atomic E-state index is -3.28. The van der Waals surface area contributed by atoms with Gasteiger partial charge in [-0.15, -0.1) is 0 Å². The number of rotatable bonds is 3. The Morgan fingerprint density at radius 3 is 2.40 bits per heavy atom. The molecule has 0 spiro atoms. The Morgan fingerprint density at radius 1 is 1.24 bits per heavy atom. The number of amides is 2. The first-order valence-corrected chi connectivity index (χ1v) is 10.3. The topological polar surface area (TPSA) is 103 Å². The van der Waals surface area contributed by atoms with E-state index in [1.54, 1.807) is 22.8 Å². The molecule has 1 N–H and O–H groups in total. The first-order valence-electron chi connectivity index (χ1n) is 8.51. The van der Waals surface area contributed by atoms with Crippen LogP contribution in [0.15, 0.2) is 6.07 Å². The molecule has 0 unspecified atom stereocenters. The molecule has 9 heteroatoms. The standard InChI is InChI=1S/C16H24N4O4S/c1-10(2)6-15(21)19-4-5-20(14-9-25(23,24)8-13(14)19)16(22)12-7-11(3)17-18-12/h7,10,13-14H,4-6,8-9H2,1-3H3,(H,17,18)/t13-,14+/m1/s1. The zero-order valence-electron chi connectivity index (χ0n) is 14.7. The molecule has 2 fully saturated rings. The highest BCUT2D eigenvalue weighted by Crippen LogP contribution is 2.29. The minimum Gasteiger partial charge on any atom is -0.335 e. The quantitative estimate of drug-likeness (QED) is 0.822. The highest BCUT2D eigenvalue weighted by atomic mass is 32.2. The van der Waals surface area contributed by atoms with E-state index in [0.29, 0.717) is 19.5 Å². The molecular formula is C16H24N4O4S. The van der Waals surface area contributed by atoms with Crippen LogP contribution in [0.2, 0.25) is 0 Å². The summed E-state index contributed by atoms with van der Waals surface area (Å²) in [7, 11) is -3.28. The van der Waals surface area contributed by atoms with E-state index in [4.69, 9.17) is 0 Å². The maximum absolute atomic E-state index is 12.8. The summed E-state index contributed by atoms with van der Waals surface area (Å²) in [5.41, 5.74) is 1.05. The fourth-order valence-corrected chi connectivity index (χ4v) is 5.64. The van der Waals surface area contributed by atoms with Gasteiger partial charge in [0, 0.05) is 25.2 Å². The van der Waals surface area contributed by atoms with Crippen LogP contribution in [-0.2, 0) is 14.6 Å². The largest absolute Gasteiger partial charge is 0.335 e. The van der Waals surface area contributed by atoms with Crippen molar-refractivity contribution in [2.24, 2.45) is 5.92 Å². The molecule has 2 atom stereocenters. The number of piperazine rings is 1. The average molecular weight is 368 g/mol. The molecule has 0 radical (unpaired) electrons. The lowest BCUT2D eigenvalue weighted by Crippen LogP contribution is -2.62. The molecule has 8 nitrogen and oxygen atoms in total. The fourth-order valence-electron chi connectivity index (χ4n) is 3.66. The molecule has 2 amide bonds. The molecule has 3 rings (SSSR count). The maximum Gasteiger partial charge on any atom is 0.274 e. The molecular weight excluding hydrogens is 344 g/mol. The van der Waals surface area contributed by atoms with Gasteiger partial charge >= 0.3 is 0 Å². The summed E-state index contributed by atoms with van der Waals surface area (Å²) < 4.78 is 24.4. The summed E-state index contributed by atoms with van der Waals surface area (Å²) in [6, 6.07) is 0.685. The number of hydrogen-bond donors (Lipinski definition) is 1. The van der Waals surface area contributed by atoms with E-state index in [1.165, 1.54) is 0 Å². The Hall–Kier alpha value is -1.90. The van der Waals surface area contributed by atoms with Crippen LogP contribution < -0.4 is 0 Å². The van der Waals surface area contributed by atoms with Crippen LogP contribution in [0, 0.1) is 12.8 Å². The Bertz CT molecular complexity index is 786. The van der Waals surface area contributed by atoms with Gasteiger partial charge in [-0.25, -0.2) is 8.42 Å².